The fourth-order valence-corrected chi connectivity index (χ4v) is 6.55. The van der Waals surface area contributed by atoms with Crippen LogP contribution in [-0.2, 0) is 9.53 Å². The van der Waals surface area contributed by atoms with E-state index in [2.05, 4.69) is 4.74 Å². The molecular formula is C29H30F2O3. The third kappa shape index (κ3) is 4.28. The number of rotatable bonds is 6. The lowest BCUT2D eigenvalue weighted by Crippen LogP contribution is -2.40. The van der Waals surface area contributed by atoms with Gasteiger partial charge in [0.1, 0.15) is 11.6 Å². The predicted octanol–water partition coefficient (Wildman–Crippen LogP) is 6.97. The lowest BCUT2D eigenvalue weighted by molar-refractivity contribution is -0.140. The number of methoxy groups -OCH3 is 1. The number of carbonyl (C=O) groups excluding carboxylic acids is 1. The van der Waals surface area contributed by atoms with Crippen molar-refractivity contribution in [3.63, 3.8) is 0 Å². The smallest absolute Gasteiger partial charge is 0.367 e. The van der Waals surface area contributed by atoms with E-state index in [9.17, 15) is 9.18 Å². The van der Waals surface area contributed by atoms with Crippen LogP contribution >= 0.6 is 0 Å². The highest BCUT2D eigenvalue weighted by Crippen LogP contribution is 2.58. The normalized spacial score (nSPS) is 25.4. The molecule has 6 rings (SSSR count). The van der Waals surface area contributed by atoms with Gasteiger partial charge in [-0.2, -0.15) is 4.39 Å². The molecule has 0 N–H and O–H groups in total. The van der Waals surface area contributed by atoms with Gasteiger partial charge >= 0.3 is 5.97 Å². The number of carbonyl (C=O) groups is 1. The van der Waals surface area contributed by atoms with Crippen molar-refractivity contribution in [2.24, 2.45) is 23.7 Å². The number of ether oxygens (including phenoxy) is 2. The summed E-state index contributed by atoms with van der Waals surface area (Å²) in [5, 5.41) is 0. The largest absolute Gasteiger partial charge is 0.497 e. The summed E-state index contributed by atoms with van der Waals surface area (Å²) in [6.07, 6.45) is 7.14. The van der Waals surface area contributed by atoms with Gasteiger partial charge in [-0.1, -0.05) is 29.8 Å². The first-order chi connectivity index (χ1) is 16.5. The summed E-state index contributed by atoms with van der Waals surface area (Å²) in [5.41, 5.74) is 4.41. The quantitative estimate of drug-likeness (QED) is 0.342. The van der Waals surface area contributed by atoms with Gasteiger partial charge in [0, 0.05) is 5.56 Å². The number of benzene rings is 2. The Morgan fingerprint density at radius 2 is 1.59 bits per heavy atom. The van der Waals surface area contributed by atoms with E-state index in [4.69, 9.17) is 4.74 Å². The van der Waals surface area contributed by atoms with Crippen molar-refractivity contribution >= 4 is 17.6 Å². The number of esters is 1. The van der Waals surface area contributed by atoms with E-state index in [0.717, 1.165) is 40.4 Å². The van der Waals surface area contributed by atoms with Crippen molar-refractivity contribution in [3.05, 3.63) is 76.4 Å². The maximum absolute atomic E-state index is 15.2. The molecule has 0 aromatic heterocycles. The molecule has 3 nitrogen and oxygen atoms in total. The molecule has 4 fully saturated rings. The topological polar surface area (TPSA) is 35.5 Å². The second-order valence-corrected chi connectivity index (χ2v) is 9.81. The molecule has 0 radical (unpaired) electrons. The Balaban J connectivity index is 1.58. The van der Waals surface area contributed by atoms with E-state index < -0.39 is 17.6 Å². The SMILES string of the molecule is CCOC(=O)/C(F)=C/c1ccc(C(=C2C3CC4CC(C3)CC2C4)c2ccc(OC)cc2)cc1F. The van der Waals surface area contributed by atoms with Gasteiger partial charge in [-0.15, -0.1) is 0 Å². The molecule has 0 spiro atoms. The summed E-state index contributed by atoms with van der Waals surface area (Å²) in [4.78, 5) is 11.6. The van der Waals surface area contributed by atoms with Crippen LogP contribution in [0.4, 0.5) is 8.78 Å². The molecule has 0 heterocycles. The molecule has 2 aromatic carbocycles. The van der Waals surface area contributed by atoms with Gasteiger partial charge < -0.3 is 9.47 Å². The number of halogens is 2. The van der Waals surface area contributed by atoms with Crippen LogP contribution in [-0.4, -0.2) is 19.7 Å². The molecule has 0 unspecified atom stereocenters. The molecule has 34 heavy (non-hydrogen) atoms. The first kappa shape index (κ1) is 22.8. The van der Waals surface area contributed by atoms with Crippen LogP contribution in [0.3, 0.4) is 0 Å². The average molecular weight is 465 g/mol. The van der Waals surface area contributed by atoms with Crippen molar-refractivity contribution in [2.45, 2.75) is 39.0 Å². The zero-order valence-corrected chi connectivity index (χ0v) is 19.7. The Morgan fingerprint density at radius 3 is 2.15 bits per heavy atom. The van der Waals surface area contributed by atoms with E-state index >= 15 is 4.39 Å². The molecule has 4 saturated carbocycles. The van der Waals surface area contributed by atoms with Crippen molar-refractivity contribution in [1.29, 1.82) is 0 Å². The van der Waals surface area contributed by atoms with Crippen LogP contribution in [0.2, 0.25) is 0 Å². The van der Waals surface area contributed by atoms with Crippen molar-refractivity contribution in [3.8, 4) is 5.75 Å². The van der Waals surface area contributed by atoms with Crippen LogP contribution in [0.5, 0.6) is 5.75 Å². The van der Waals surface area contributed by atoms with Crippen molar-refractivity contribution in [1.82, 2.24) is 0 Å². The maximum atomic E-state index is 15.2. The Bertz CT molecular complexity index is 1120. The average Bonchev–Trinajstić information content (AvgIpc) is 2.82. The zero-order chi connectivity index (χ0) is 23.8. The first-order valence-electron chi connectivity index (χ1n) is 12.2. The van der Waals surface area contributed by atoms with Gasteiger partial charge in [0.25, 0.3) is 0 Å². The van der Waals surface area contributed by atoms with Crippen LogP contribution in [0.25, 0.3) is 11.6 Å². The Hall–Kier alpha value is -2.95. The van der Waals surface area contributed by atoms with E-state index in [1.165, 1.54) is 43.7 Å². The van der Waals surface area contributed by atoms with Gasteiger partial charge in [0.15, 0.2) is 0 Å². The van der Waals surface area contributed by atoms with Crippen LogP contribution in [0.15, 0.2) is 53.9 Å². The molecular weight excluding hydrogens is 434 g/mol. The molecule has 4 aliphatic carbocycles. The third-order valence-electron chi connectivity index (χ3n) is 7.73. The van der Waals surface area contributed by atoms with Gasteiger partial charge in [-0.3, -0.25) is 0 Å². The summed E-state index contributed by atoms with van der Waals surface area (Å²) in [6.45, 7) is 1.66. The molecule has 0 saturated heterocycles. The maximum Gasteiger partial charge on any atom is 0.367 e. The van der Waals surface area contributed by atoms with Crippen LogP contribution < -0.4 is 4.74 Å². The fourth-order valence-electron chi connectivity index (χ4n) is 6.55. The predicted molar refractivity (Wildman–Crippen MR) is 128 cm³/mol. The summed E-state index contributed by atoms with van der Waals surface area (Å²) in [7, 11) is 1.64. The highest BCUT2D eigenvalue weighted by atomic mass is 19.1. The molecule has 0 aliphatic heterocycles. The lowest BCUT2D eigenvalue weighted by Gasteiger charge is -2.52. The van der Waals surface area contributed by atoms with E-state index in [0.29, 0.717) is 11.8 Å². The Kier molecular flexibility index (Phi) is 6.28. The van der Waals surface area contributed by atoms with Gasteiger partial charge in [0.2, 0.25) is 5.83 Å². The van der Waals surface area contributed by atoms with Crippen molar-refractivity contribution < 1.29 is 23.0 Å². The Labute approximate surface area is 199 Å². The number of allylic oxidation sites excluding steroid dienone is 1. The molecule has 4 aliphatic rings. The second kappa shape index (κ2) is 9.36. The summed E-state index contributed by atoms with van der Waals surface area (Å²) < 4.78 is 39.3. The standard InChI is InChI=1S/C29H30F2O3/c1-3-34-29(32)26(31)15-20-4-5-21(16-25(20)30)27(19-6-8-24(33-2)9-7-19)28-22-11-17-10-18(13-22)14-23(28)12-17/h4-9,15-18,22-23H,3,10-14H2,1-2H3/b26-15-,28-27?. The third-order valence-corrected chi connectivity index (χ3v) is 7.73. The number of hydrogen-bond acceptors (Lipinski definition) is 3. The summed E-state index contributed by atoms with van der Waals surface area (Å²) in [6, 6.07) is 12.8. The van der Waals surface area contributed by atoms with Crippen LogP contribution in [0.1, 0.15) is 55.7 Å². The monoisotopic (exact) mass is 464 g/mol. The zero-order valence-electron chi connectivity index (χ0n) is 19.7. The molecule has 178 valence electrons. The Morgan fingerprint density at radius 1 is 0.971 bits per heavy atom. The van der Waals surface area contributed by atoms with E-state index in [-0.39, 0.29) is 12.2 Å². The first-order valence-corrected chi connectivity index (χ1v) is 12.2. The molecule has 0 amide bonds. The second-order valence-electron chi connectivity index (χ2n) is 9.81. The van der Waals surface area contributed by atoms with Crippen LogP contribution in [0, 0.1) is 29.5 Å². The fraction of sp³-hybridized carbons (Fsp3) is 0.414. The summed E-state index contributed by atoms with van der Waals surface area (Å²) >= 11 is 0. The van der Waals surface area contributed by atoms with Crippen molar-refractivity contribution in [2.75, 3.05) is 13.7 Å². The minimum absolute atomic E-state index is 0.0264. The van der Waals surface area contributed by atoms with Gasteiger partial charge in [0.05, 0.1) is 13.7 Å². The van der Waals surface area contributed by atoms with Gasteiger partial charge in [-0.05, 0) is 104 Å². The minimum atomic E-state index is -1.11. The van der Waals surface area contributed by atoms with E-state index in [1.807, 2.05) is 30.3 Å². The molecule has 5 heteroatoms. The lowest BCUT2D eigenvalue weighted by atomic mass is 9.53. The highest BCUT2D eigenvalue weighted by Gasteiger charge is 2.46. The molecule has 4 bridgehead atoms. The molecule has 0 atom stereocenters. The van der Waals surface area contributed by atoms with E-state index in [1.54, 1.807) is 20.1 Å². The molecule has 2 aromatic rings. The van der Waals surface area contributed by atoms with Gasteiger partial charge in [-0.25, -0.2) is 9.18 Å². The summed E-state index contributed by atoms with van der Waals surface area (Å²) in [5.74, 6) is 0.738. The minimum Gasteiger partial charge on any atom is -0.497 e. The highest BCUT2D eigenvalue weighted by molar-refractivity contribution is 5.91. The number of hydrogen-bond donors (Lipinski definition) is 0.